The fraction of sp³-hybridized carbons (Fsp3) is 0.500. The molecule has 2 aromatic rings. The van der Waals surface area contributed by atoms with Gasteiger partial charge in [0.25, 0.3) is 0 Å². The van der Waals surface area contributed by atoms with Crippen molar-refractivity contribution in [3.63, 3.8) is 0 Å². The molecule has 0 saturated heterocycles. The number of benzene rings is 1. The van der Waals surface area contributed by atoms with E-state index in [2.05, 4.69) is 61.1 Å². The van der Waals surface area contributed by atoms with Crippen molar-refractivity contribution in [2.75, 3.05) is 13.7 Å². The van der Waals surface area contributed by atoms with Gasteiger partial charge in [-0.15, -0.1) is 0 Å². The van der Waals surface area contributed by atoms with Crippen LogP contribution in [-0.2, 0) is 17.8 Å². The van der Waals surface area contributed by atoms with Gasteiger partial charge in [-0.1, -0.05) is 6.07 Å². The lowest BCUT2D eigenvalue weighted by Gasteiger charge is -2.20. The van der Waals surface area contributed by atoms with E-state index in [9.17, 15) is 0 Å². The number of methoxy groups -OCH3 is 1. The molecule has 0 saturated carbocycles. The van der Waals surface area contributed by atoms with Gasteiger partial charge in [-0.2, -0.15) is 0 Å². The first kappa shape index (κ1) is 14.1. The van der Waals surface area contributed by atoms with Gasteiger partial charge in [-0.25, -0.2) is 0 Å². The molecule has 1 heterocycles. The Balaban J connectivity index is 2.13. The minimum atomic E-state index is 0.152. The van der Waals surface area contributed by atoms with Gasteiger partial charge in [0, 0.05) is 37.5 Å². The predicted octanol–water partition coefficient (Wildman–Crippen LogP) is 3.18. The monoisotopic (exact) mass is 260 g/mol. The molecule has 3 nitrogen and oxygen atoms in total. The second-order valence-electron chi connectivity index (χ2n) is 6.00. The van der Waals surface area contributed by atoms with Crippen LogP contribution in [0.5, 0.6) is 0 Å². The Hall–Kier alpha value is -1.32. The molecule has 0 aliphatic carbocycles. The van der Waals surface area contributed by atoms with Gasteiger partial charge >= 0.3 is 0 Å². The first-order valence-corrected chi connectivity index (χ1v) is 6.81. The number of ether oxygens (including phenoxy) is 1. The molecular formula is C16H24N2O. The third-order valence-corrected chi connectivity index (χ3v) is 3.19. The molecule has 3 heteroatoms. The summed E-state index contributed by atoms with van der Waals surface area (Å²) < 4.78 is 7.37. The molecular weight excluding hydrogens is 236 g/mol. The Labute approximate surface area is 115 Å². The molecule has 0 aliphatic rings. The maximum Gasteiger partial charge on any atom is 0.0641 e. The number of fused-ring (bicyclic) bond motifs is 1. The Morgan fingerprint density at radius 2 is 2.00 bits per heavy atom. The van der Waals surface area contributed by atoms with Crippen LogP contribution in [0.1, 0.15) is 26.3 Å². The van der Waals surface area contributed by atoms with Crippen molar-refractivity contribution in [1.29, 1.82) is 0 Å². The lowest BCUT2D eigenvalue weighted by Crippen LogP contribution is -2.35. The van der Waals surface area contributed by atoms with Crippen LogP contribution in [0.3, 0.4) is 0 Å². The van der Waals surface area contributed by atoms with Crippen LogP contribution in [0.15, 0.2) is 30.5 Å². The molecule has 19 heavy (non-hydrogen) atoms. The number of rotatable bonds is 5. The van der Waals surface area contributed by atoms with E-state index in [-0.39, 0.29) is 5.54 Å². The molecule has 0 fully saturated rings. The molecule has 0 bridgehead atoms. The summed E-state index contributed by atoms with van der Waals surface area (Å²) in [6.07, 6.45) is 2.13. The van der Waals surface area contributed by atoms with Gasteiger partial charge in [-0.05, 0) is 49.9 Å². The molecule has 1 aromatic heterocycles. The maximum absolute atomic E-state index is 5.13. The van der Waals surface area contributed by atoms with E-state index in [1.165, 1.54) is 16.5 Å². The Morgan fingerprint density at radius 1 is 1.21 bits per heavy atom. The van der Waals surface area contributed by atoms with Gasteiger partial charge in [0.05, 0.1) is 6.61 Å². The lowest BCUT2D eigenvalue weighted by molar-refractivity contribution is 0.188. The maximum atomic E-state index is 5.13. The van der Waals surface area contributed by atoms with Crippen LogP contribution in [-0.4, -0.2) is 23.8 Å². The Morgan fingerprint density at radius 3 is 2.68 bits per heavy atom. The van der Waals surface area contributed by atoms with Crippen molar-refractivity contribution in [2.45, 2.75) is 39.4 Å². The highest BCUT2D eigenvalue weighted by molar-refractivity contribution is 5.80. The minimum Gasteiger partial charge on any atom is -0.383 e. The van der Waals surface area contributed by atoms with Crippen molar-refractivity contribution in [2.24, 2.45) is 0 Å². The molecule has 2 rings (SSSR count). The van der Waals surface area contributed by atoms with Crippen molar-refractivity contribution >= 4 is 10.9 Å². The average Bonchev–Trinajstić information content (AvgIpc) is 2.75. The SMILES string of the molecule is COCCn1ccc2cc(CNC(C)(C)C)ccc21. The van der Waals surface area contributed by atoms with E-state index in [1.807, 2.05) is 0 Å². The number of nitrogens with one attached hydrogen (secondary N) is 1. The normalized spacial score (nSPS) is 12.2. The van der Waals surface area contributed by atoms with E-state index in [0.29, 0.717) is 0 Å². The zero-order chi connectivity index (χ0) is 13.9. The van der Waals surface area contributed by atoms with Crippen molar-refractivity contribution in [3.05, 3.63) is 36.0 Å². The average molecular weight is 260 g/mol. The van der Waals surface area contributed by atoms with E-state index >= 15 is 0 Å². The van der Waals surface area contributed by atoms with Gasteiger partial charge in [0.2, 0.25) is 0 Å². The summed E-state index contributed by atoms with van der Waals surface area (Å²) in [4.78, 5) is 0. The van der Waals surface area contributed by atoms with Gasteiger partial charge in [0.15, 0.2) is 0 Å². The lowest BCUT2D eigenvalue weighted by atomic mass is 10.1. The third-order valence-electron chi connectivity index (χ3n) is 3.19. The highest BCUT2D eigenvalue weighted by atomic mass is 16.5. The molecule has 0 radical (unpaired) electrons. The summed E-state index contributed by atoms with van der Waals surface area (Å²) in [5, 5.41) is 4.81. The highest BCUT2D eigenvalue weighted by Gasteiger charge is 2.09. The van der Waals surface area contributed by atoms with Crippen molar-refractivity contribution in [3.8, 4) is 0 Å². The number of hydrogen-bond donors (Lipinski definition) is 1. The summed E-state index contributed by atoms with van der Waals surface area (Å²) in [6, 6.07) is 8.83. The van der Waals surface area contributed by atoms with Gasteiger partial charge < -0.3 is 14.6 Å². The summed E-state index contributed by atoms with van der Waals surface area (Å²) in [7, 11) is 1.74. The molecule has 0 spiro atoms. The number of aromatic nitrogens is 1. The summed E-state index contributed by atoms with van der Waals surface area (Å²) in [5.41, 5.74) is 2.75. The summed E-state index contributed by atoms with van der Waals surface area (Å²) >= 11 is 0. The fourth-order valence-electron chi connectivity index (χ4n) is 2.11. The highest BCUT2D eigenvalue weighted by Crippen LogP contribution is 2.18. The molecule has 0 amide bonds. The molecule has 104 valence electrons. The van der Waals surface area contributed by atoms with Crippen molar-refractivity contribution in [1.82, 2.24) is 9.88 Å². The first-order chi connectivity index (χ1) is 8.99. The van der Waals surface area contributed by atoms with Crippen molar-refractivity contribution < 1.29 is 4.74 Å². The molecule has 0 unspecified atom stereocenters. The molecule has 0 aliphatic heterocycles. The van der Waals surface area contributed by atoms with Crippen LogP contribution in [0.25, 0.3) is 10.9 Å². The van der Waals surface area contributed by atoms with E-state index in [4.69, 9.17) is 4.74 Å². The number of hydrogen-bond acceptors (Lipinski definition) is 2. The Kier molecular flexibility index (Phi) is 4.27. The van der Waals surface area contributed by atoms with E-state index in [1.54, 1.807) is 7.11 Å². The topological polar surface area (TPSA) is 26.2 Å². The van der Waals surface area contributed by atoms with E-state index in [0.717, 1.165) is 19.7 Å². The molecule has 1 N–H and O–H groups in total. The van der Waals surface area contributed by atoms with Crippen LogP contribution >= 0.6 is 0 Å². The van der Waals surface area contributed by atoms with Crippen LogP contribution in [0.2, 0.25) is 0 Å². The zero-order valence-corrected chi connectivity index (χ0v) is 12.4. The summed E-state index contributed by atoms with van der Waals surface area (Å²) in [5.74, 6) is 0. The minimum absolute atomic E-state index is 0.152. The van der Waals surface area contributed by atoms with Crippen LogP contribution < -0.4 is 5.32 Å². The predicted molar refractivity (Wildman–Crippen MR) is 80.4 cm³/mol. The van der Waals surface area contributed by atoms with Gasteiger partial charge in [-0.3, -0.25) is 0 Å². The fourth-order valence-corrected chi connectivity index (χ4v) is 2.11. The zero-order valence-electron chi connectivity index (χ0n) is 12.4. The molecule has 0 atom stereocenters. The number of nitrogens with zero attached hydrogens (tertiary/aromatic N) is 1. The first-order valence-electron chi connectivity index (χ1n) is 6.81. The third kappa shape index (κ3) is 3.82. The second-order valence-corrected chi connectivity index (χ2v) is 6.00. The quantitative estimate of drug-likeness (QED) is 0.893. The Bertz CT molecular complexity index is 537. The smallest absolute Gasteiger partial charge is 0.0641 e. The largest absolute Gasteiger partial charge is 0.383 e. The van der Waals surface area contributed by atoms with Crippen LogP contribution in [0.4, 0.5) is 0 Å². The standard InChI is InChI=1S/C16H24N2O/c1-16(2,3)17-12-13-5-6-15-14(11-13)7-8-18(15)9-10-19-4/h5-8,11,17H,9-10,12H2,1-4H3. The molecule has 1 aromatic carbocycles. The van der Waals surface area contributed by atoms with Crippen LogP contribution in [0, 0.1) is 0 Å². The second kappa shape index (κ2) is 5.76. The van der Waals surface area contributed by atoms with Gasteiger partial charge in [0.1, 0.15) is 0 Å². The summed E-state index contributed by atoms with van der Waals surface area (Å²) in [6.45, 7) is 9.12. The van der Waals surface area contributed by atoms with E-state index < -0.39 is 0 Å².